The molecule has 2 aromatic rings. The molecular formula is C22H20Cl2. The molecule has 2 aromatic carbocycles. The third-order valence-electron chi connectivity index (χ3n) is 5.62. The van der Waals surface area contributed by atoms with E-state index >= 15 is 0 Å². The molecule has 2 aliphatic carbocycles. The van der Waals surface area contributed by atoms with Gasteiger partial charge in [-0.25, -0.2) is 0 Å². The first-order valence-corrected chi connectivity index (χ1v) is 9.18. The van der Waals surface area contributed by atoms with Crippen molar-refractivity contribution in [3.8, 4) is 0 Å². The van der Waals surface area contributed by atoms with Gasteiger partial charge >= 0.3 is 0 Å². The van der Waals surface area contributed by atoms with Gasteiger partial charge in [0.25, 0.3) is 0 Å². The number of allylic oxidation sites excluding steroid dienone is 2. The van der Waals surface area contributed by atoms with E-state index in [4.69, 9.17) is 23.2 Å². The van der Waals surface area contributed by atoms with E-state index in [1.807, 2.05) is 12.1 Å². The zero-order valence-corrected chi connectivity index (χ0v) is 15.6. The summed E-state index contributed by atoms with van der Waals surface area (Å²) in [6.07, 6.45) is 4.51. The summed E-state index contributed by atoms with van der Waals surface area (Å²) in [5.74, 6) is 1.26. The van der Waals surface area contributed by atoms with E-state index in [0.717, 1.165) is 10.0 Å². The summed E-state index contributed by atoms with van der Waals surface area (Å²) in [4.78, 5) is 0. The quantitative estimate of drug-likeness (QED) is 0.529. The molecule has 0 radical (unpaired) electrons. The Balaban J connectivity index is 1.79. The average molecular weight is 355 g/mol. The molecule has 0 N–H and O–H groups in total. The third-order valence-corrected chi connectivity index (χ3v) is 6.28. The van der Waals surface area contributed by atoms with Crippen molar-refractivity contribution in [1.29, 1.82) is 0 Å². The molecule has 24 heavy (non-hydrogen) atoms. The molecule has 0 saturated carbocycles. The molecule has 0 spiro atoms. The van der Waals surface area contributed by atoms with Crippen molar-refractivity contribution in [2.45, 2.75) is 32.6 Å². The van der Waals surface area contributed by atoms with Crippen LogP contribution in [0.25, 0.3) is 12.2 Å². The van der Waals surface area contributed by atoms with Crippen LogP contribution >= 0.6 is 23.2 Å². The van der Waals surface area contributed by atoms with E-state index in [2.05, 4.69) is 57.2 Å². The number of hydrogen-bond donors (Lipinski definition) is 0. The van der Waals surface area contributed by atoms with E-state index in [9.17, 15) is 0 Å². The van der Waals surface area contributed by atoms with E-state index < -0.39 is 0 Å². The predicted octanol–water partition coefficient (Wildman–Crippen LogP) is 7.33. The Morgan fingerprint density at radius 3 is 1.58 bits per heavy atom. The molecule has 2 aliphatic rings. The molecule has 122 valence electrons. The van der Waals surface area contributed by atoms with Gasteiger partial charge in [0, 0.05) is 21.9 Å². The van der Waals surface area contributed by atoms with Crippen LogP contribution in [0.4, 0.5) is 0 Å². The van der Waals surface area contributed by atoms with Crippen molar-refractivity contribution >= 4 is 35.4 Å². The Bertz CT molecular complexity index is 815. The summed E-state index contributed by atoms with van der Waals surface area (Å²) in [6, 6.07) is 12.5. The van der Waals surface area contributed by atoms with Crippen LogP contribution in [0.5, 0.6) is 0 Å². The first kappa shape index (κ1) is 16.0. The first-order valence-electron chi connectivity index (χ1n) is 8.42. The van der Waals surface area contributed by atoms with Gasteiger partial charge in [-0.05, 0) is 54.2 Å². The topological polar surface area (TPSA) is 0 Å². The Labute approximate surface area is 153 Å². The Kier molecular flexibility index (Phi) is 3.86. The summed E-state index contributed by atoms with van der Waals surface area (Å²) in [6.45, 7) is 6.81. The number of halogens is 2. The van der Waals surface area contributed by atoms with Gasteiger partial charge in [-0.3, -0.25) is 0 Å². The molecule has 0 amide bonds. The highest BCUT2D eigenvalue weighted by Gasteiger charge is 2.37. The molecule has 0 heterocycles. The van der Waals surface area contributed by atoms with Crippen LogP contribution in [0.15, 0.2) is 47.5 Å². The van der Waals surface area contributed by atoms with E-state index in [1.54, 1.807) is 0 Å². The highest BCUT2D eigenvalue weighted by atomic mass is 35.5. The van der Waals surface area contributed by atoms with Crippen LogP contribution in [-0.4, -0.2) is 0 Å². The molecule has 0 nitrogen and oxygen atoms in total. The lowest BCUT2D eigenvalue weighted by Gasteiger charge is -2.30. The van der Waals surface area contributed by atoms with Crippen molar-refractivity contribution in [3.63, 3.8) is 0 Å². The molecule has 0 aliphatic heterocycles. The third kappa shape index (κ3) is 2.28. The molecule has 2 unspecified atom stereocenters. The van der Waals surface area contributed by atoms with Crippen LogP contribution in [0.1, 0.15) is 54.9 Å². The lowest BCUT2D eigenvalue weighted by molar-refractivity contribution is 0.455. The monoisotopic (exact) mass is 354 g/mol. The van der Waals surface area contributed by atoms with E-state index in [1.165, 1.54) is 33.4 Å². The van der Waals surface area contributed by atoms with Crippen LogP contribution in [-0.2, 0) is 0 Å². The Hall–Kier alpha value is -1.50. The molecule has 2 heteroatoms. The summed E-state index contributed by atoms with van der Waals surface area (Å²) in [5.41, 5.74) is 7.90. The minimum atomic E-state index is 0.400. The number of fused-ring (bicyclic) bond motifs is 2. The van der Waals surface area contributed by atoms with Crippen LogP contribution in [0.2, 0.25) is 10.0 Å². The number of rotatable bonds is 2. The van der Waals surface area contributed by atoms with E-state index in [-0.39, 0.29) is 0 Å². The molecule has 0 saturated heterocycles. The zero-order valence-electron chi connectivity index (χ0n) is 14.1. The fourth-order valence-corrected chi connectivity index (χ4v) is 5.14. The van der Waals surface area contributed by atoms with Crippen molar-refractivity contribution in [2.75, 3.05) is 0 Å². The van der Waals surface area contributed by atoms with Crippen LogP contribution in [0, 0.1) is 5.92 Å². The average Bonchev–Trinajstić information content (AvgIpc) is 3.05. The van der Waals surface area contributed by atoms with Gasteiger partial charge in [0.2, 0.25) is 0 Å². The normalized spacial score (nSPS) is 22.7. The van der Waals surface area contributed by atoms with Crippen molar-refractivity contribution < 1.29 is 0 Å². The van der Waals surface area contributed by atoms with Gasteiger partial charge in [0.05, 0.1) is 0 Å². The first-order chi connectivity index (χ1) is 11.5. The lowest BCUT2D eigenvalue weighted by Crippen LogP contribution is -2.18. The summed E-state index contributed by atoms with van der Waals surface area (Å²) >= 11 is 12.8. The van der Waals surface area contributed by atoms with Gasteiger partial charge < -0.3 is 0 Å². The van der Waals surface area contributed by atoms with Crippen molar-refractivity contribution in [2.24, 2.45) is 5.92 Å². The highest BCUT2D eigenvalue weighted by molar-refractivity contribution is 6.32. The molecule has 0 bridgehead atoms. The smallest absolute Gasteiger partial charge is 0.0481 e. The Morgan fingerprint density at radius 1 is 0.750 bits per heavy atom. The zero-order chi connectivity index (χ0) is 17.0. The summed E-state index contributed by atoms with van der Waals surface area (Å²) in [7, 11) is 0. The number of hydrogen-bond acceptors (Lipinski definition) is 0. The second-order valence-electron chi connectivity index (χ2n) is 7.08. The predicted molar refractivity (Wildman–Crippen MR) is 105 cm³/mol. The van der Waals surface area contributed by atoms with Gasteiger partial charge in [0.1, 0.15) is 0 Å². The fourth-order valence-electron chi connectivity index (χ4n) is 4.67. The van der Waals surface area contributed by atoms with Crippen LogP contribution < -0.4 is 0 Å². The maximum absolute atomic E-state index is 6.42. The van der Waals surface area contributed by atoms with Crippen molar-refractivity contribution in [1.82, 2.24) is 0 Å². The maximum atomic E-state index is 6.42. The Morgan fingerprint density at radius 2 is 1.17 bits per heavy atom. The highest BCUT2D eigenvalue weighted by Crippen LogP contribution is 2.52. The molecule has 0 aromatic heterocycles. The minimum Gasteiger partial charge on any atom is -0.0837 e. The van der Waals surface area contributed by atoms with Gasteiger partial charge in [-0.15, -0.1) is 0 Å². The summed E-state index contributed by atoms with van der Waals surface area (Å²) in [5, 5.41) is 1.70. The van der Waals surface area contributed by atoms with Gasteiger partial charge in [-0.2, -0.15) is 0 Å². The molecular weight excluding hydrogens is 335 g/mol. The van der Waals surface area contributed by atoms with E-state index in [0.29, 0.717) is 17.8 Å². The minimum absolute atomic E-state index is 0.400. The fraction of sp³-hybridized carbons (Fsp3) is 0.273. The van der Waals surface area contributed by atoms with Crippen LogP contribution in [0.3, 0.4) is 0 Å². The van der Waals surface area contributed by atoms with Gasteiger partial charge in [0.15, 0.2) is 0 Å². The number of benzene rings is 2. The lowest BCUT2D eigenvalue weighted by atomic mass is 9.73. The van der Waals surface area contributed by atoms with Gasteiger partial charge in [-0.1, -0.05) is 77.7 Å². The SMILES string of the molecule is CC1=Cc2c(Cl)cccc2C1C(C)C1C(C)=Cc2c(Cl)cccc21. The second kappa shape index (κ2) is 5.79. The maximum Gasteiger partial charge on any atom is 0.0481 e. The standard InChI is InChI=1S/C22H20Cl2/c1-12-10-17-15(6-4-8-19(17)23)21(12)14(3)22-13(2)11-18-16(22)7-5-9-20(18)24/h4-11,14,21-22H,1-3H3. The van der Waals surface area contributed by atoms with Crippen molar-refractivity contribution in [3.05, 3.63) is 79.8 Å². The molecule has 4 rings (SSSR count). The second-order valence-corrected chi connectivity index (χ2v) is 7.89. The summed E-state index contributed by atoms with van der Waals surface area (Å²) < 4.78 is 0. The molecule has 2 atom stereocenters. The largest absolute Gasteiger partial charge is 0.0837 e. The molecule has 0 fully saturated rings.